The third-order valence-corrected chi connectivity index (χ3v) is 18.3. The minimum atomic E-state index is -1.53. The Labute approximate surface area is 527 Å². The first kappa shape index (κ1) is 68.1. The normalized spacial score (nSPS) is 30.6. The molecule has 0 bridgehead atoms. The Hall–Kier alpha value is -4.41. The number of likely N-dealkylation sites (tertiary alicyclic amines) is 2. The molecule has 5 aliphatic heterocycles. The van der Waals surface area contributed by atoms with Crippen molar-refractivity contribution < 1.29 is 85.1 Å². The molecule has 2 spiro atoms. The van der Waals surface area contributed by atoms with Gasteiger partial charge in [-0.2, -0.15) is 0 Å². The zero-order valence-corrected chi connectivity index (χ0v) is 51.4. The van der Waals surface area contributed by atoms with Crippen LogP contribution < -0.4 is 0 Å². The number of hydrogen-bond donors (Lipinski definition) is 12. The molecular formula is C63H73Br2IN2O17. The van der Waals surface area contributed by atoms with Crippen molar-refractivity contribution in [1.82, 2.24) is 9.80 Å². The molecule has 2 aliphatic carbocycles. The molecule has 85 heavy (non-hydrogen) atoms. The maximum Gasteiger partial charge on any atom is 0.219 e. The van der Waals surface area contributed by atoms with E-state index in [2.05, 4.69) is 97.9 Å². The predicted octanol–water partition coefficient (Wildman–Crippen LogP) is 1.82. The van der Waals surface area contributed by atoms with Crippen molar-refractivity contribution in [2.75, 3.05) is 46.0 Å². The minimum Gasteiger partial charge on any atom is -0.394 e. The summed E-state index contributed by atoms with van der Waals surface area (Å²) in [5, 5.41) is 117. The Kier molecular flexibility index (Phi) is 22.7. The Morgan fingerprint density at radius 3 is 1.09 bits per heavy atom. The van der Waals surface area contributed by atoms with Gasteiger partial charge in [-0.15, -0.1) is 30.4 Å². The zero-order valence-electron chi connectivity index (χ0n) is 45.9. The number of fused-ring (bicyclic) bond motifs is 10. The number of rotatable bonds is 3. The first-order valence-electron chi connectivity index (χ1n) is 27.4. The van der Waals surface area contributed by atoms with Gasteiger partial charge >= 0.3 is 0 Å². The molecule has 4 aromatic carbocycles. The lowest BCUT2D eigenvalue weighted by atomic mass is 9.70. The van der Waals surface area contributed by atoms with Crippen LogP contribution in [0, 0.1) is 36.0 Å². The molecule has 5 heterocycles. The van der Waals surface area contributed by atoms with E-state index in [9.17, 15) is 65.8 Å². The molecular weight excluding hydrogens is 1340 g/mol. The second kappa shape index (κ2) is 28.4. The molecule has 0 saturated carbocycles. The van der Waals surface area contributed by atoms with Crippen molar-refractivity contribution in [2.45, 2.75) is 149 Å². The number of benzene rings is 4. The highest BCUT2D eigenvalue weighted by atomic mass is 127. The van der Waals surface area contributed by atoms with Crippen LogP contribution >= 0.6 is 55.8 Å². The van der Waals surface area contributed by atoms with Gasteiger partial charge in [-0.3, -0.25) is 9.59 Å². The first-order chi connectivity index (χ1) is 39.6. The minimum absolute atomic E-state index is 0. The average molecular weight is 1420 g/mol. The molecule has 0 aromatic heterocycles. The Morgan fingerprint density at radius 1 is 0.494 bits per heavy atom. The van der Waals surface area contributed by atoms with E-state index in [0.717, 1.165) is 57.1 Å². The summed E-state index contributed by atoms with van der Waals surface area (Å²) < 4.78 is 18.3. The molecule has 7 aliphatic rings. The number of terminal acetylenes is 1. The van der Waals surface area contributed by atoms with Crippen LogP contribution in [0.3, 0.4) is 0 Å². The number of halogens is 3. The highest BCUT2D eigenvalue weighted by molar-refractivity contribution is 14.0. The maximum absolute atomic E-state index is 12.2. The van der Waals surface area contributed by atoms with Crippen LogP contribution in [0.25, 0.3) is 22.3 Å². The first-order valence-corrected chi connectivity index (χ1v) is 29.0. The van der Waals surface area contributed by atoms with Gasteiger partial charge in [-0.1, -0.05) is 93.2 Å². The molecule has 15 atom stereocenters. The molecule has 0 unspecified atom stereocenters. The Bertz CT molecular complexity index is 3070. The number of ether oxygens (including phenoxy) is 3. The summed E-state index contributed by atoms with van der Waals surface area (Å²) in [6, 6.07) is 24.8. The number of nitrogens with zero attached hydrogens (tertiary/aromatic N) is 2. The number of aliphatic hydroxyl groups is 12. The standard InChI is InChI=1S/C35H39NO11.C19H17Br2NO.C8H12O5.CH4.HI/c1-18(39)36-12-10-35(11-13-36)23-14-19(4-8-25-29(40)33(44)31(42)27(16-37)46-25)2-6-21(23)22-7-3-20(15-24(22)35)5-9-26-30(41)34(45)32(43)28(17-38)47-26;1-12(23)22-8-6-19(7-9-22)17-10-13(20)2-4-15(17)16-5-3-14(21)11-18(16)19;1-2-4-6(10)8(12)7(11)5(3-9)13-4;;/h2-3,6-7,14-15,25-34,37-38,40-45H,10-13,16-17H2,1H3;2-5,10-11H,6-9H2,1H3;1,4-12H,3H2;1H4;1H/t25-,26-,27-,28-,29-,30-,31-,32-,33-,34-;;4-,5-,6-,7-,8-;;/m1.1../s1. The van der Waals surface area contributed by atoms with E-state index in [1.54, 1.807) is 13.8 Å². The van der Waals surface area contributed by atoms with Crippen LogP contribution in [0.15, 0.2) is 81.7 Å². The lowest BCUT2D eigenvalue weighted by Gasteiger charge is -2.40. The van der Waals surface area contributed by atoms with Crippen molar-refractivity contribution in [3.63, 3.8) is 0 Å². The molecule has 2 amide bonds. The monoisotopic (exact) mass is 1410 g/mol. The van der Waals surface area contributed by atoms with E-state index in [1.165, 1.54) is 22.3 Å². The van der Waals surface area contributed by atoms with Gasteiger partial charge in [0.1, 0.15) is 91.6 Å². The van der Waals surface area contributed by atoms with Gasteiger partial charge in [0.15, 0.2) is 0 Å². The van der Waals surface area contributed by atoms with E-state index in [4.69, 9.17) is 25.7 Å². The predicted molar refractivity (Wildman–Crippen MR) is 330 cm³/mol. The average Bonchev–Trinajstić information content (AvgIpc) is 1.63. The number of carbonyl (C=O) groups excluding carboxylic acids is 2. The van der Waals surface area contributed by atoms with Crippen LogP contribution in [0.1, 0.15) is 80.3 Å². The molecule has 19 nitrogen and oxygen atoms in total. The Morgan fingerprint density at radius 2 is 0.788 bits per heavy atom. The summed E-state index contributed by atoms with van der Waals surface area (Å²) in [6.45, 7) is 4.40. The van der Waals surface area contributed by atoms with Gasteiger partial charge in [0.05, 0.1) is 19.8 Å². The summed E-state index contributed by atoms with van der Waals surface area (Å²) in [6.07, 6.45) is -11.0. The highest BCUT2D eigenvalue weighted by Crippen LogP contribution is 2.56. The van der Waals surface area contributed by atoms with E-state index < -0.39 is 117 Å². The topological polar surface area (TPSA) is 311 Å². The third-order valence-electron chi connectivity index (χ3n) is 17.3. The molecule has 5 fully saturated rings. The number of aliphatic hydroxyl groups excluding tert-OH is 12. The zero-order chi connectivity index (χ0) is 59.8. The van der Waals surface area contributed by atoms with Crippen molar-refractivity contribution >= 4 is 67.7 Å². The van der Waals surface area contributed by atoms with Crippen LogP contribution in [0.4, 0.5) is 0 Å². The van der Waals surface area contributed by atoms with Crippen LogP contribution in [-0.2, 0) is 34.6 Å². The van der Waals surface area contributed by atoms with Gasteiger partial charge in [-0.05, 0) is 119 Å². The van der Waals surface area contributed by atoms with E-state index in [-0.39, 0.29) is 48.6 Å². The molecule has 12 N–H and O–H groups in total. The quantitative estimate of drug-likeness (QED) is 0.103. The number of hydrogen-bond acceptors (Lipinski definition) is 17. The SMILES string of the molecule is C.C#C[C@H]1O[C@H](CO)[C@@H](O)[C@H](O)[C@@H]1O.CC(=O)N1CCC2(CC1)c1cc(Br)ccc1-c1ccc(Br)cc12.CC(=O)N1CCC2(CC1)c1cc(C#C[C@H]3O[C@H](CO)[C@@H](O)[C@H](O)[C@@H]3O)ccc1-c1ccc(C#C[C@H]3O[C@H](CO)[C@@H](O)[C@H](O)[C@@H]3O)cc12.I. The Balaban J connectivity index is 0.000000224. The van der Waals surface area contributed by atoms with Crippen LogP contribution in [0.2, 0.25) is 0 Å². The van der Waals surface area contributed by atoms with Gasteiger partial charge in [0, 0.05) is 70.9 Å². The van der Waals surface area contributed by atoms with Crippen LogP contribution in [-0.4, -0.2) is 220 Å². The molecule has 0 radical (unpaired) electrons. The largest absolute Gasteiger partial charge is 0.394 e. The molecule has 22 heteroatoms. The summed E-state index contributed by atoms with van der Waals surface area (Å²) in [5.41, 5.74) is 10.4. The summed E-state index contributed by atoms with van der Waals surface area (Å²) in [5.74, 6) is 14.0. The summed E-state index contributed by atoms with van der Waals surface area (Å²) in [4.78, 5) is 27.7. The van der Waals surface area contributed by atoms with E-state index in [1.807, 2.05) is 46.2 Å². The van der Waals surface area contributed by atoms with Gasteiger partial charge in [0.2, 0.25) is 11.8 Å². The van der Waals surface area contributed by atoms with Gasteiger partial charge < -0.3 is 85.3 Å². The second-order valence-electron chi connectivity index (χ2n) is 22.0. The summed E-state index contributed by atoms with van der Waals surface area (Å²) >= 11 is 7.27. The number of piperidine rings is 2. The van der Waals surface area contributed by atoms with Gasteiger partial charge in [-0.25, -0.2) is 0 Å². The van der Waals surface area contributed by atoms with Crippen molar-refractivity contribution in [1.29, 1.82) is 0 Å². The molecule has 458 valence electrons. The molecule has 5 saturated heterocycles. The fourth-order valence-corrected chi connectivity index (χ4v) is 13.3. The lowest BCUT2D eigenvalue weighted by Crippen LogP contribution is -2.58. The number of carbonyl (C=O) groups is 2. The fraction of sp³-hybridized carbons (Fsp3) is 0.492. The van der Waals surface area contributed by atoms with Crippen LogP contribution in [0.5, 0.6) is 0 Å². The van der Waals surface area contributed by atoms with Crippen molar-refractivity contribution in [3.05, 3.63) is 115 Å². The highest BCUT2D eigenvalue weighted by Gasteiger charge is 2.49. The van der Waals surface area contributed by atoms with Gasteiger partial charge in [0.25, 0.3) is 0 Å². The second-order valence-corrected chi connectivity index (χ2v) is 23.9. The maximum atomic E-state index is 12.2. The lowest BCUT2D eigenvalue weighted by molar-refractivity contribution is -0.214. The number of amides is 2. The van der Waals surface area contributed by atoms with E-state index in [0.29, 0.717) is 37.1 Å². The third kappa shape index (κ3) is 13.3. The smallest absolute Gasteiger partial charge is 0.219 e. The molecule has 11 rings (SSSR count). The van der Waals surface area contributed by atoms with Crippen molar-refractivity contribution in [3.8, 4) is 58.3 Å². The van der Waals surface area contributed by atoms with E-state index >= 15 is 0 Å². The fourth-order valence-electron chi connectivity index (χ4n) is 12.6. The molecule has 4 aromatic rings. The summed E-state index contributed by atoms with van der Waals surface area (Å²) in [7, 11) is 0. The van der Waals surface area contributed by atoms with Crippen molar-refractivity contribution in [2.24, 2.45) is 0 Å².